The second kappa shape index (κ2) is 8.22. The molecule has 0 saturated carbocycles. The highest BCUT2D eigenvalue weighted by Gasteiger charge is 2.37. The van der Waals surface area contributed by atoms with Crippen LogP contribution in [-0.2, 0) is 28.5 Å². The van der Waals surface area contributed by atoms with Crippen LogP contribution in [-0.4, -0.2) is 17.2 Å². The van der Waals surface area contributed by atoms with E-state index >= 15 is 0 Å². The predicted octanol–water partition coefficient (Wildman–Crippen LogP) is 5.50. The second-order valence-electron chi connectivity index (χ2n) is 6.18. The van der Waals surface area contributed by atoms with Crippen molar-refractivity contribution in [1.82, 2.24) is 0 Å². The maximum absolute atomic E-state index is 12.9. The van der Waals surface area contributed by atoms with Crippen LogP contribution in [0.3, 0.4) is 0 Å². The monoisotopic (exact) mass is 406 g/mol. The minimum Gasteiger partial charge on any atom is -0.479 e. The highest BCUT2D eigenvalue weighted by Crippen LogP contribution is 2.36. The van der Waals surface area contributed by atoms with Crippen molar-refractivity contribution in [1.29, 1.82) is 0 Å². The van der Waals surface area contributed by atoms with Gasteiger partial charge in [-0.3, -0.25) is 0 Å². The molecule has 2 rings (SSSR count). The van der Waals surface area contributed by atoms with Gasteiger partial charge in [-0.1, -0.05) is 37.3 Å². The summed E-state index contributed by atoms with van der Waals surface area (Å²) in [5.41, 5.74) is -2.78. The standard InChI is InChI=1S/C19H16F6O3/c1-11(13-5-3-2-4-6-13)16(17(26)27)28-10-12-7-14(18(20,21)22)9-15(8-12)19(23,24)25/h2-9,11,16H,10H2,1H3,(H,26,27). The Labute approximate surface area is 156 Å². The number of halogens is 6. The molecule has 0 fully saturated rings. The number of rotatable bonds is 6. The van der Waals surface area contributed by atoms with Gasteiger partial charge in [0.25, 0.3) is 0 Å². The average Bonchev–Trinajstić information content (AvgIpc) is 2.60. The summed E-state index contributed by atoms with van der Waals surface area (Å²) in [6, 6.07) is 9.40. The van der Waals surface area contributed by atoms with E-state index in [1.807, 2.05) is 0 Å². The van der Waals surface area contributed by atoms with E-state index in [1.54, 1.807) is 37.3 Å². The molecule has 0 amide bonds. The first kappa shape index (κ1) is 21.7. The Kier molecular flexibility index (Phi) is 6.38. The molecule has 9 heteroatoms. The maximum Gasteiger partial charge on any atom is 0.416 e. The van der Waals surface area contributed by atoms with Crippen molar-refractivity contribution >= 4 is 5.97 Å². The van der Waals surface area contributed by atoms with Gasteiger partial charge in [-0.2, -0.15) is 26.3 Å². The molecule has 2 aromatic carbocycles. The van der Waals surface area contributed by atoms with Crippen LogP contribution in [0.5, 0.6) is 0 Å². The molecule has 3 nitrogen and oxygen atoms in total. The van der Waals surface area contributed by atoms with Gasteiger partial charge >= 0.3 is 18.3 Å². The smallest absolute Gasteiger partial charge is 0.416 e. The van der Waals surface area contributed by atoms with E-state index in [4.69, 9.17) is 4.74 Å². The minimum absolute atomic E-state index is 0.00473. The number of ether oxygens (including phenoxy) is 1. The van der Waals surface area contributed by atoms with E-state index in [-0.39, 0.29) is 6.07 Å². The topological polar surface area (TPSA) is 46.5 Å². The molecule has 2 unspecified atom stereocenters. The summed E-state index contributed by atoms with van der Waals surface area (Å²) in [6.45, 7) is 0.822. The number of carboxylic acid groups (broad SMARTS) is 1. The number of benzene rings is 2. The van der Waals surface area contributed by atoms with Gasteiger partial charge in [-0.15, -0.1) is 0 Å². The second-order valence-corrected chi connectivity index (χ2v) is 6.18. The van der Waals surface area contributed by atoms with Crippen molar-refractivity contribution in [3.63, 3.8) is 0 Å². The lowest BCUT2D eigenvalue weighted by atomic mass is 9.95. The third-order valence-corrected chi connectivity index (χ3v) is 4.10. The molecule has 0 aliphatic heterocycles. The molecule has 1 N–H and O–H groups in total. The Morgan fingerprint density at radius 3 is 1.89 bits per heavy atom. The van der Waals surface area contributed by atoms with Crippen molar-refractivity contribution in [2.75, 3.05) is 0 Å². The van der Waals surface area contributed by atoms with Gasteiger partial charge in [0.2, 0.25) is 0 Å². The van der Waals surface area contributed by atoms with E-state index in [1.165, 1.54) is 0 Å². The molecular weight excluding hydrogens is 390 g/mol. The Morgan fingerprint density at radius 1 is 0.964 bits per heavy atom. The maximum atomic E-state index is 12.9. The highest BCUT2D eigenvalue weighted by molar-refractivity contribution is 5.73. The Hall–Kier alpha value is -2.55. The number of hydrogen-bond donors (Lipinski definition) is 1. The van der Waals surface area contributed by atoms with Gasteiger partial charge in [-0.05, 0) is 29.3 Å². The summed E-state index contributed by atoms with van der Waals surface area (Å²) < 4.78 is 82.7. The molecule has 0 aliphatic carbocycles. The number of carboxylic acids is 1. The van der Waals surface area contributed by atoms with Crippen LogP contribution in [0.1, 0.15) is 35.1 Å². The Morgan fingerprint density at radius 2 is 1.46 bits per heavy atom. The fourth-order valence-corrected chi connectivity index (χ4v) is 2.65. The normalized spacial score (nSPS) is 14.5. The summed E-state index contributed by atoms with van der Waals surface area (Å²) >= 11 is 0. The quantitative estimate of drug-likeness (QED) is 0.645. The van der Waals surface area contributed by atoms with Gasteiger partial charge in [-0.25, -0.2) is 4.79 Å². The van der Waals surface area contributed by atoms with Gasteiger partial charge in [0.1, 0.15) is 0 Å². The molecule has 0 aromatic heterocycles. The van der Waals surface area contributed by atoms with Crippen LogP contribution in [0, 0.1) is 0 Å². The zero-order chi connectivity index (χ0) is 21.1. The number of carbonyl (C=O) groups is 1. The minimum atomic E-state index is -4.99. The van der Waals surface area contributed by atoms with E-state index in [9.17, 15) is 36.2 Å². The summed E-state index contributed by atoms with van der Waals surface area (Å²) in [6.07, 6.45) is -11.4. The lowest BCUT2D eigenvalue weighted by Crippen LogP contribution is -2.29. The molecule has 0 aliphatic rings. The first-order valence-corrected chi connectivity index (χ1v) is 8.07. The summed E-state index contributed by atoms with van der Waals surface area (Å²) in [7, 11) is 0. The molecule has 0 heterocycles. The van der Waals surface area contributed by atoms with Gasteiger partial charge < -0.3 is 9.84 Å². The summed E-state index contributed by atoms with van der Waals surface area (Å²) in [4.78, 5) is 11.5. The molecule has 2 aromatic rings. The van der Waals surface area contributed by atoms with Crippen molar-refractivity contribution in [3.8, 4) is 0 Å². The molecule has 152 valence electrons. The largest absolute Gasteiger partial charge is 0.479 e. The van der Waals surface area contributed by atoms with Gasteiger partial charge in [0.05, 0.1) is 17.7 Å². The third-order valence-electron chi connectivity index (χ3n) is 4.10. The Balaban J connectivity index is 2.29. The van der Waals surface area contributed by atoms with Crippen LogP contribution in [0.4, 0.5) is 26.3 Å². The molecular formula is C19H16F6O3. The van der Waals surface area contributed by atoms with Crippen LogP contribution >= 0.6 is 0 Å². The van der Waals surface area contributed by atoms with Gasteiger partial charge in [0.15, 0.2) is 6.10 Å². The first-order valence-electron chi connectivity index (χ1n) is 8.07. The fourth-order valence-electron chi connectivity index (χ4n) is 2.65. The third kappa shape index (κ3) is 5.48. The number of aliphatic carboxylic acids is 1. The average molecular weight is 406 g/mol. The van der Waals surface area contributed by atoms with E-state index in [2.05, 4.69) is 0 Å². The summed E-state index contributed by atoms with van der Waals surface area (Å²) in [5.74, 6) is -2.05. The summed E-state index contributed by atoms with van der Waals surface area (Å²) in [5, 5.41) is 9.37. The van der Waals surface area contributed by atoms with Crippen LogP contribution < -0.4 is 0 Å². The number of hydrogen-bond acceptors (Lipinski definition) is 2. The van der Waals surface area contributed by atoms with Crippen LogP contribution in [0.25, 0.3) is 0 Å². The van der Waals surface area contributed by atoms with Crippen molar-refractivity contribution in [2.24, 2.45) is 0 Å². The molecule has 0 saturated heterocycles. The van der Waals surface area contributed by atoms with Crippen LogP contribution in [0.2, 0.25) is 0 Å². The SMILES string of the molecule is CC(c1ccccc1)C(OCc1cc(C(F)(F)F)cc(C(F)(F)F)c1)C(=O)O. The molecule has 0 spiro atoms. The number of alkyl halides is 6. The molecule has 0 radical (unpaired) electrons. The molecule has 2 atom stereocenters. The fraction of sp³-hybridized carbons (Fsp3) is 0.316. The van der Waals surface area contributed by atoms with Crippen molar-refractivity contribution < 1.29 is 41.0 Å². The lowest BCUT2D eigenvalue weighted by molar-refractivity contribution is -0.153. The Bertz CT molecular complexity index is 782. The van der Waals surface area contributed by atoms with E-state index in [0.29, 0.717) is 17.7 Å². The van der Waals surface area contributed by atoms with Crippen molar-refractivity contribution in [3.05, 3.63) is 70.8 Å². The van der Waals surface area contributed by atoms with Crippen LogP contribution in [0.15, 0.2) is 48.5 Å². The van der Waals surface area contributed by atoms with Crippen molar-refractivity contribution in [2.45, 2.75) is 37.9 Å². The zero-order valence-electron chi connectivity index (χ0n) is 14.5. The van der Waals surface area contributed by atoms with E-state index < -0.39 is 53.6 Å². The first-order chi connectivity index (χ1) is 12.9. The zero-order valence-corrected chi connectivity index (χ0v) is 14.5. The highest BCUT2D eigenvalue weighted by atomic mass is 19.4. The predicted molar refractivity (Wildman–Crippen MR) is 87.5 cm³/mol. The lowest BCUT2D eigenvalue weighted by Gasteiger charge is -2.22. The molecule has 0 bridgehead atoms. The van der Waals surface area contributed by atoms with Gasteiger partial charge in [0, 0.05) is 5.92 Å². The molecule has 28 heavy (non-hydrogen) atoms. The van der Waals surface area contributed by atoms with E-state index in [0.717, 1.165) is 0 Å².